The van der Waals surface area contributed by atoms with Gasteiger partial charge in [0, 0.05) is 32.2 Å². The Morgan fingerprint density at radius 2 is 2.00 bits per heavy atom. The van der Waals surface area contributed by atoms with Crippen LogP contribution >= 0.6 is 0 Å². The van der Waals surface area contributed by atoms with Crippen LogP contribution in [0.25, 0.3) is 0 Å². The maximum atomic E-state index is 12.0. The van der Waals surface area contributed by atoms with Gasteiger partial charge in [0.15, 0.2) is 0 Å². The number of carbonyl (C=O) groups is 1. The summed E-state index contributed by atoms with van der Waals surface area (Å²) in [6.07, 6.45) is 0. The van der Waals surface area contributed by atoms with Gasteiger partial charge in [-0.25, -0.2) is 5.14 Å². The van der Waals surface area contributed by atoms with E-state index in [0.717, 1.165) is 4.31 Å². The van der Waals surface area contributed by atoms with Gasteiger partial charge in [0.25, 0.3) is 16.1 Å². The fourth-order valence-corrected chi connectivity index (χ4v) is 2.44. The molecule has 8 nitrogen and oxygen atoms in total. The molecule has 0 atom stereocenters. The normalized spacial score (nSPS) is 18.0. The molecule has 9 heteroatoms. The molecule has 0 unspecified atom stereocenters. The zero-order valence-corrected chi connectivity index (χ0v) is 10.7. The van der Waals surface area contributed by atoms with Crippen molar-refractivity contribution in [3.8, 4) is 0 Å². The van der Waals surface area contributed by atoms with E-state index in [9.17, 15) is 13.2 Å². The number of nitrogens with zero attached hydrogens (tertiary/aromatic N) is 3. The molecule has 1 aromatic rings. The molecule has 18 heavy (non-hydrogen) atoms. The first kappa shape index (κ1) is 13.0. The number of aryl methyl sites for hydroxylation is 1. The zero-order chi connectivity index (χ0) is 13.3. The van der Waals surface area contributed by atoms with Crippen LogP contribution in [0.15, 0.2) is 10.6 Å². The van der Waals surface area contributed by atoms with E-state index in [1.165, 1.54) is 4.90 Å². The third kappa shape index (κ3) is 2.68. The SMILES string of the molecule is Cc1cc(C(=O)N2CCN(S(N)(=O)=O)CC2)on1. The third-order valence-corrected chi connectivity index (χ3v) is 3.81. The van der Waals surface area contributed by atoms with Gasteiger partial charge in [0.2, 0.25) is 5.76 Å². The summed E-state index contributed by atoms with van der Waals surface area (Å²) in [7, 11) is -3.68. The minimum absolute atomic E-state index is 0.163. The average molecular weight is 274 g/mol. The number of hydrogen-bond donors (Lipinski definition) is 1. The van der Waals surface area contributed by atoms with Crippen molar-refractivity contribution in [3.63, 3.8) is 0 Å². The van der Waals surface area contributed by atoms with Crippen molar-refractivity contribution >= 4 is 16.1 Å². The Morgan fingerprint density at radius 3 is 2.44 bits per heavy atom. The minimum atomic E-state index is -3.68. The molecule has 2 heterocycles. The van der Waals surface area contributed by atoms with Crippen LogP contribution in [-0.2, 0) is 10.2 Å². The lowest BCUT2D eigenvalue weighted by molar-refractivity contribution is 0.0656. The fraction of sp³-hybridized carbons (Fsp3) is 0.556. The van der Waals surface area contributed by atoms with Gasteiger partial charge in [-0.3, -0.25) is 4.79 Å². The molecule has 0 radical (unpaired) electrons. The van der Waals surface area contributed by atoms with Gasteiger partial charge in [-0.05, 0) is 6.92 Å². The lowest BCUT2D eigenvalue weighted by Crippen LogP contribution is -2.52. The fourth-order valence-electron chi connectivity index (χ4n) is 1.77. The number of rotatable bonds is 2. The molecule has 1 aliphatic rings. The van der Waals surface area contributed by atoms with E-state index in [-0.39, 0.29) is 37.8 Å². The summed E-state index contributed by atoms with van der Waals surface area (Å²) in [6.45, 7) is 2.68. The highest BCUT2D eigenvalue weighted by Gasteiger charge is 2.28. The molecule has 0 saturated carbocycles. The first-order chi connectivity index (χ1) is 8.38. The molecule has 2 rings (SSSR count). The van der Waals surface area contributed by atoms with E-state index >= 15 is 0 Å². The van der Waals surface area contributed by atoms with E-state index in [0.29, 0.717) is 5.69 Å². The number of aromatic nitrogens is 1. The van der Waals surface area contributed by atoms with E-state index in [4.69, 9.17) is 9.66 Å². The third-order valence-electron chi connectivity index (χ3n) is 2.72. The molecule has 1 aliphatic heterocycles. The van der Waals surface area contributed by atoms with Crippen molar-refractivity contribution in [2.24, 2.45) is 5.14 Å². The second kappa shape index (κ2) is 4.67. The smallest absolute Gasteiger partial charge is 0.292 e. The molecular formula is C9H14N4O4S. The quantitative estimate of drug-likeness (QED) is 0.739. The van der Waals surface area contributed by atoms with Crippen molar-refractivity contribution in [1.82, 2.24) is 14.4 Å². The van der Waals surface area contributed by atoms with Crippen LogP contribution in [0.5, 0.6) is 0 Å². The summed E-state index contributed by atoms with van der Waals surface area (Å²) in [5, 5.41) is 8.65. The van der Waals surface area contributed by atoms with Gasteiger partial charge < -0.3 is 9.42 Å². The van der Waals surface area contributed by atoms with Gasteiger partial charge in [-0.1, -0.05) is 5.16 Å². The van der Waals surface area contributed by atoms with Crippen LogP contribution < -0.4 is 5.14 Å². The molecule has 1 amide bonds. The molecule has 1 fully saturated rings. The Balaban J connectivity index is 2.00. The lowest BCUT2D eigenvalue weighted by Gasteiger charge is -2.32. The number of amides is 1. The summed E-state index contributed by atoms with van der Waals surface area (Å²) in [5.74, 6) is -0.124. The van der Waals surface area contributed by atoms with Crippen LogP contribution in [0.1, 0.15) is 16.2 Å². The molecule has 0 aliphatic carbocycles. The summed E-state index contributed by atoms with van der Waals surface area (Å²) in [4.78, 5) is 13.5. The Morgan fingerprint density at radius 1 is 1.39 bits per heavy atom. The van der Waals surface area contributed by atoms with Gasteiger partial charge in [0.05, 0.1) is 5.69 Å². The molecule has 100 valence electrons. The van der Waals surface area contributed by atoms with E-state index in [1.807, 2.05) is 0 Å². The highest BCUT2D eigenvalue weighted by molar-refractivity contribution is 7.86. The van der Waals surface area contributed by atoms with Gasteiger partial charge in [0.1, 0.15) is 0 Å². The topological polar surface area (TPSA) is 110 Å². The van der Waals surface area contributed by atoms with Gasteiger partial charge in [-0.2, -0.15) is 12.7 Å². The Bertz CT molecular complexity index is 545. The van der Waals surface area contributed by atoms with Crippen LogP contribution in [-0.4, -0.2) is 54.9 Å². The van der Waals surface area contributed by atoms with E-state index in [1.54, 1.807) is 13.0 Å². The molecule has 2 N–H and O–H groups in total. The van der Waals surface area contributed by atoms with Crippen LogP contribution in [0, 0.1) is 6.92 Å². The summed E-state index contributed by atoms with van der Waals surface area (Å²) >= 11 is 0. The maximum Gasteiger partial charge on any atom is 0.292 e. The summed E-state index contributed by atoms with van der Waals surface area (Å²) in [6, 6.07) is 1.55. The van der Waals surface area contributed by atoms with Crippen molar-refractivity contribution < 1.29 is 17.7 Å². The van der Waals surface area contributed by atoms with Crippen molar-refractivity contribution in [3.05, 3.63) is 17.5 Å². The van der Waals surface area contributed by atoms with Crippen molar-refractivity contribution in [2.45, 2.75) is 6.92 Å². The number of carbonyl (C=O) groups excluding carboxylic acids is 1. The predicted molar refractivity (Wildman–Crippen MR) is 61.8 cm³/mol. The molecule has 1 saturated heterocycles. The Labute approximate surface area is 104 Å². The minimum Gasteiger partial charge on any atom is -0.351 e. The number of piperazine rings is 1. The monoisotopic (exact) mass is 274 g/mol. The second-order valence-electron chi connectivity index (χ2n) is 4.07. The van der Waals surface area contributed by atoms with Crippen molar-refractivity contribution in [1.29, 1.82) is 0 Å². The second-order valence-corrected chi connectivity index (χ2v) is 5.62. The molecule has 0 aromatic carbocycles. The first-order valence-corrected chi connectivity index (χ1v) is 6.89. The maximum absolute atomic E-state index is 12.0. The zero-order valence-electron chi connectivity index (χ0n) is 9.87. The molecule has 0 bridgehead atoms. The lowest BCUT2D eigenvalue weighted by atomic mass is 10.3. The van der Waals surface area contributed by atoms with Crippen LogP contribution in [0.4, 0.5) is 0 Å². The highest BCUT2D eigenvalue weighted by atomic mass is 32.2. The van der Waals surface area contributed by atoms with Gasteiger partial charge in [-0.15, -0.1) is 0 Å². The summed E-state index contributed by atoms with van der Waals surface area (Å²) < 4.78 is 28.2. The van der Waals surface area contributed by atoms with E-state index < -0.39 is 10.2 Å². The van der Waals surface area contributed by atoms with Crippen molar-refractivity contribution in [2.75, 3.05) is 26.2 Å². The van der Waals surface area contributed by atoms with Crippen LogP contribution in [0.3, 0.4) is 0 Å². The Hall–Kier alpha value is -1.45. The summed E-state index contributed by atoms with van der Waals surface area (Å²) in [5.41, 5.74) is 0.626. The average Bonchev–Trinajstić information content (AvgIpc) is 2.74. The standard InChI is InChI=1S/C9H14N4O4S/c1-7-6-8(17-11-7)9(14)12-2-4-13(5-3-12)18(10,15)16/h6H,2-5H2,1H3,(H2,10,15,16). The first-order valence-electron chi connectivity index (χ1n) is 5.38. The predicted octanol–water partition coefficient (Wildman–Crippen LogP) is -1.06. The molecule has 0 spiro atoms. The van der Waals surface area contributed by atoms with E-state index in [2.05, 4.69) is 5.16 Å². The largest absolute Gasteiger partial charge is 0.351 e. The van der Waals surface area contributed by atoms with Gasteiger partial charge >= 0.3 is 0 Å². The number of hydrogen-bond acceptors (Lipinski definition) is 5. The molecular weight excluding hydrogens is 260 g/mol. The molecule has 1 aromatic heterocycles. The van der Waals surface area contributed by atoms with Crippen LogP contribution in [0.2, 0.25) is 0 Å². The Kier molecular flexibility index (Phi) is 3.37. The number of nitrogens with two attached hydrogens (primary N) is 1. The highest BCUT2D eigenvalue weighted by Crippen LogP contribution is 2.10.